The van der Waals surface area contributed by atoms with Crippen LogP contribution in [0.25, 0.3) is 0 Å². The third-order valence-electron chi connectivity index (χ3n) is 0.863. The van der Waals surface area contributed by atoms with Crippen molar-refractivity contribution in [2.45, 2.75) is 19.4 Å². The summed E-state index contributed by atoms with van der Waals surface area (Å²) in [6.07, 6.45) is 3.46. The lowest BCUT2D eigenvalue weighted by Crippen LogP contribution is -2.06. The fourth-order valence-electron chi connectivity index (χ4n) is 0.561. The van der Waals surface area contributed by atoms with Gasteiger partial charge in [-0.05, 0) is 13.0 Å². The van der Waals surface area contributed by atoms with Gasteiger partial charge < -0.3 is 10.8 Å². The molecule has 2 nitrogen and oxygen atoms in total. The van der Waals surface area contributed by atoms with E-state index in [4.69, 9.17) is 10.8 Å². The zero-order valence-electron chi connectivity index (χ0n) is 5.67. The van der Waals surface area contributed by atoms with Crippen molar-refractivity contribution in [3.63, 3.8) is 0 Å². The summed E-state index contributed by atoms with van der Waals surface area (Å²) in [5, 5.41) is 8.79. The van der Waals surface area contributed by atoms with E-state index in [1.54, 1.807) is 19.1 Å². The average molecular weight is 127 g/mol. The molecule has 0 rings (SSSR count). The molecule has 52 valence electrons. The Hall–Kier alpha value is -0.760. The minimum absolute atomic E-state index is 0.360. The van der Waals surface area contributed by atoms with E-state index < -0.39 is 0 Å². The van der Waals surface area contributed by atoms with Crippen LogP contribution in [-0.4, -0.2) is 11.2 Å². The highest BCUT2D eigenvalue weighted by atomic mass is 16.3. The first-order chi connectivity index (χ1) is 4.16. The molecule has 0 aromatic carbocycles. The highest BCUT2D eigenvalue weighted by molar-refractivity contribution is 5.06. The van der Waals surface area contributed by atoms with Crippen molar-refractivity contribution in [2.75, 3.05) is 0 Å². The second-order valence-corrected chi connectivity index (χ2v) is 2.03. The molecule has 0 aromatic heterocycles. The van der Waals surface area contributed by atoms with E-state index in [1.807, 2.05) is 0 Å². The van der Waals surface area contributed by atoms with Crippen molar-refractivity contribution in [2.24, 2.45) is 5.73 Å². The first kappa shape index (κ1) is 8.24. The summed E-state index contributed by atoms with van der Waals surface area (Å²) in [5.41, 5.74) is 6.08. The number of hydrogen-bond acceptors (Lipinski definition) is 2. The van der Waals surface area contributed by atoms with Gasteiger partial charge in [-0.1, -0.05) is 12.7 Å². The molecule has 0 amide bonds. The van der Waals surface area contributed by atoms with Gasteiger partial charge in [-0.25, -0.2) is 0 Å². The Kier molecular flexibility index (Phi) is 3.80. The van der Waals surface area contributed by atoms with Crippen molar-refractivity contribution in [1.29, 1.82) is 0 Å². The fourth-order valence-corrected chi connectivity index (χ4v) is 0.561. The Morgan fingerprint density at radius 1 is 1.89 bits per heavy atom. The number of allylic oxidation sites excluding steroid dienone is 2. The summed E-state index contributed by atoms with van der Waals surface area (Å²) in [6.45, 7) is 5.17. The molecule has 2 heteroatoms. The van der Waals surface area contributed by atoms with Gasteiger partial charge in [0.2, 0.25) is 0 Å². The van der Waals surface area contributed by atoms with E-state index in [0.29, 0.717) is 12.1 Å². The SMILES string of the molecule is C=C/C=C(/N)CC(C)O. The van der Waals surface area contributed by atoms with Gasteiger partial charge in [0.1, 0.15) is 0 Å². The zero-order chi connectivity index (χ0) is 7.28. The number of rotatable bonds is 3. The topological polar surface area (TPSA) is 46.2 Å². The Bertz CT molecular complexity index is 116. The van der Waals surface area contributed by atoms with Crippen LogP contribution in [0.2, 0.25) is 0 Å². The van der Waals surface area contributed by atoms with Crippen LogP contribution in [0.3, 0.4) is 0 Å². The zero-order valence-corrected chi connectivity index (χ0v) is 5.67. The number of aliphatic hydroxyl groups excluding tert-OH is 1. The van der Waals surface area contributed by atoms with Gasteiger partial charge in [0.25, 0.3) is 0 Å². The van der Waals surface area contributed by atoms with E-state index in [0.717, 1.165) is 0 Å². The van der Waals surface area contributed by atoms with Crippen LogP contribution in [0.4, 0.5) is 0 Å². The Balaban J connectivity index is 3.61. The summed E-state index contributed by atoms with van der Waals surface area (Å²) >= 11 is 0. The molecule has 0 aromatic rings. The molecule has 0 fully saturated rings. The van der Waals surface area contributed by atoms with Gasteiger partial charge in [0, 0.05) is 12.1 Å². The highest BCUT2D eigenvalue weighted by Crippen LogP contribution is 1.97. The summed E-state index contributed by atoms with van der Waals surface area (Å²) < 4.78 is 0. The van der Waals surface area contributed by atoms with E-state index in [9.17, 15) is 0 Å². The Morgan fingerprint density at radius 3 is 2.78 bits per heavy atom. The predicted octanol–water partition coefficient (Wildman–Crippen LogP) is 0.786. The lowest BCUT2D eigenvalue weighted by molar-refractivity contribution is 0.195. The first-order valence-corrected chi connectivity index (χ1v) is 2.92. The van der Waals surface area contributed by atoms with Crippen molar-refractivity contribution in [1.82, 2.24) is 0 Å². The van der Waals surface area contributed by atoms with Gasteiger partial charge in [-0.2, -0.15) is 0 Å². The summed E-state index contributed by atoms with van der Waals surface area (Å²) in [7, 11) is 0. The molecule has 0 aliphatic carbocycles. The highest BCUT2D eigenvalue weighted by Gasteiger charge is 1.94. The largest absolute Gasteiger partial charge is 0.402 e. The Morgan fingerprint density at radius 2 is 2.44 bits per heavy atom. The van der Waals surface area contributed by atoms with Gasteiger partial charge in [-0.15, -0.1) is 0 Å². The molecule has 0 heterocycles. The maximum atomic E-state index is 8.79. The van der Waals surface area contributed by atoms with E-state index in [-0.39, 0.29) is 6.10 Å². The molecule has 0 saturated carbocycles. The van der Waals surface area contributed by atoms with Crippen molar-refractivity contribution in [3.8, 4) is 0 Å². The van der Waals surface area contributed by atoms with Crippen molar-refractivity contribution in [3.05, 3.63) is 24.4 Å². The molecule has 3 N–H and O–H groups in total. The lowest BCUT2D eigenvalue weighted by Gasteiger charge is -2.01. The summed E-state index contributed by atoms with van der Waals surface area (Å²) in [6, 6.07) is 0. The predicted molar refractivity (Wildman–Crippen MR) is 38.8 cm³/mol. The van der Waals surface area contributed by atoms with Gasteiger partial charge >= 0.3 is 0 Å². The standard InChI is InChI=1S/C7H13NO/c1-3-4-7(8)5-6(2)9/h3-4,6,9H,1,5,8H2,2H3/b7-4+. The molecule has 0 saturated heterocycles. The van der Waals surface area contributed by atoms with E-state index >= 15 is 0 Å². The molecule has 0 radical (unpaired) electrons. The molecule has 1 unspecified atom stereocenters. The monoisotopic (exact) mass is 127 g/mol. The molecular weight excluding hydrogens is 114 g/mol. The van der Waals surface area contributed by atoms with E-state index in [1.165, 1.54) is 0 Å². The third-order valence-corrected chi connectivity index (χ3v) is 0.863. The normalized spacial score (nSPS) is 15.1. The van der Waals surface area contributed by atoms with Crippen LogP contribution in [0.1, 0.15) is 13.3 Å². The average Bonchev–Trinajstić information content (AvgIpc) is 1.63. The van der Waals surface area contributed by atoms with Crippen molar-refractivity contribution < 1.29 is 5.11 Å². The Labute approximate surface area is 55.7 Å². The maximum absolute atomic E-state index is 8.79. The second kappa shape index (κ2) is 4.15. The molecular formula is C7H13NO. The second-order valence-electron chi connectivity index (χ2n) is 2.03. The number of hydrogen-bond donors (Lipinski definition) is 2. The molecule has 0 aliphatic heterocycles. The minimum atomic E-state index is -0.360. The van der Waals surface area contributed by atoms with Crippen LogP contribution in [0.15, 0.2) is 24.4 Å². The van der Waals surface area contributed by atoms with Crippen LogP contribution in [0, 0.1) is 0 Å². The van der Waals surface area contributed by atoms with Crippen LogP contribution >= 0.6 is 0 Å². The summed E-state index contributed by atoms with van der Waals surface area (Å²) in [5.74, 6) is 0. The van der Waals surface area contributed by atoms with Gasteiger partial charge in [0.15, 0.2) is 0 Å². The molecule has 1 atom stereocenters. The molecule has 0 aliphatic rings. The van der Waals surface area contributed by atoms with Crippen LogP contribution < -0.4 is 5.73 Å². The van der Waals surface area contributed by atoms with Crippen LogP contribution in [-0.2, 0) is 0 Å². The number of aliphatic hydroxyl groups is 1. The summed E-state index contributed by atoms with van der Waals surface area (Å²) in [4.78, 5) is 0. The van der Waals surface area contributed by atoms with Gasteiger partial charge in [0.05, 0.1) is 6.10 Å². The van der Waals surface area contributed by atoms with E-state index in [2.05, 4.69) is 6.58 Å². The first-order valence-electron chi connectivity index (χ1n) is 2.92. The van der Waals surface area contributed by atoms with Gasteiger partial charge in [-0.3, -0.25) is 0 Å². The molecule has 0 bridgehead atoms. The van der Waals surface area contributed by atoms with Crippen molar-refractivity contribution >= 4 is 0 Å². The smallest absolute Gasteiger partial charge is 0.0566 e. The minimum Gasteiger partial charge on any atom is -0.402 e. The van der Waals surface area contributed by atoms with Crippen LogP contribution in [0.5, 0.6) is 0 Å². The molecule has 0 spiro atoms. The quantitative estimate of drug-likeness (QED) is 0.550. The molecule has 9 heavy (non-hydrogen) atoms. The maximum Gasteiger partial charge on any atom is 0.0566 e. The number of nitrogens with two attached hydrogens (primary N) is 1. The fraction of sp³-hybridized carbons (Fsp3) is 0.429. The third kappa shape index (κ3) is 5.11. The lowest BCUT2D eigenvalue weighted by atomic mass is 10.2.